The summed E-state index contributed by atoms with van der Waals surface area (Å²) in [5.41, 5.74) is 0.435. The van der Waals surface area contributed by atoms with Crippen LogP contribution >= 0.6 is 40.7 Å². The second-order valence-corrected chi connectivity index (χ2v) is 4.88. The molecule has 0 radical (unpaired) electrons. The SMILES string of the molecule is Cl.Cl.FC(F)[C@H](c1ccc(Br)cn1)N1CCNCC1. The van der Waals surface area contributed by atoms with E-state index in [0.29, 0.717) is 18.8 Å². The fourth-order valence-electron chi connectivity index (χ4n) is 2.00. The van der Waals surface area contributed by atoms with Gasteiger partial charge in [0.2, 0.25) is 0 Å². The first-order chi connectivity index (χ1) is 8.18. The molecule has 1 aliphatic heterocycles. The monoisotopic (exact) mass is 377 g/mol. The van der Waals surface area contributed by atoms with Crippen molar-refractivity contribution in [1.82, 2.24) is 15.2 Å². The highest BCUT2D eigenvalue weighted by molar-refractivity contribution is 9.10. The van der Waals surface area contributed by atoms with Gasteiger partial charge in [-0.25, -0.2) is 8.78 Å². The standard InChI is InChI=1S/C11H14BrF2N3.2ClH/c12-8-1-2-9(16-7-8)10(11(13)14)17-5-3-15-4-6-17;;/h1-2,7,10-11,15H,3-6H2;2*1H/t10-;;/m0../s1. The van der Waals surface area contributed by atoms with Crippen LogP contribution in [0.1, 0.15) is 11.7 Å². The normalized spacial score (nSPS) is 17.5. The smallest absolute Gasteiger partial charge is 0.259 e. The summed E-state index contributed by atoms with van der Waals surface area (Å²) in [6, 6.07) is 2.51. The zero-order valence-corrected chi connectivity index (χ0v) is 13.3. The Bertz CT molecular complexity index is 361. The topological polar surface area (TPSA) is 28.2 Å². The Morgan fingerprint density at radius 1 is 1.21 bits per heavy atom. The van der Waals surface area contributed by atoms with Gasteiger partial charge < -0.3 is 5.32 Å². The van der Waals surface area contributed by atoms with Crippen molar-refractivity contribution in [2.24, 2.45) is 0 Å². The molecule has 1 atom stereocenters. The van der Waals surface area contributed by atoms with Crippen LogP contribution in [0, 0.1) is 0 Å². The number of halogens is 5. The highest BCUT2D eigenvalue weighted by Crippen LogP contribution is 2.26. The molecule has 1 N–H and O–H groups in total. The van der Waals surface area contributed by atoms with Crippen molar-refractivity contribution >= 4 is 40.7 Å². The van der Waals surface area contributed by atoms with Gasteiger partial charge in [-0.15, -0.1) is 24.8 Å². The van der Waals surface area contributed by atoms with Gasteiger partial charge in [-0.2, -0.15) is 0 Å². The average Bonchev–Trinajstić information content (AvgIpc) is 2.33. The largest absolute Gasteiger partial charge is 0.314 e. The van der Waals surface area contributed by atoms with Crippen LogP contribution in [0.15, 0.2) is 22.8 Å². The fourth-order valence-corrected chi connectivity index (χ4v) is 2.23. The lowest BCUT2D eigenvalue weighted by Crippen LogP contribution is -2.47. The second-order valence-electron chi connectivity index (χ2n) is 3.97. The Hall–Kier alpha value is -0.0100. The van der Waals surface area contributed by atoms with Crippen LogP contribution in [0.4, 0.5) is 8.78 Å². The van der Waals surface area contributed by atoms with Gasteiger partial charge in [0.05, 0.1) is 5.69 Å². The molecular weight excluding hydrogens is 363 g/mol. The van der Waals surface area contributed by atoms with Crippen molar-refractivity contribution in [3.05, 3.63) is 28.5 Å². The van der Waals surface area contributed by atoms with Crippen molar-refractivity contribution in [2.75, 3.05) is 26.2 Å². The van der Waals surface area contributed by atoms with E-state index in [1.165, 1.54) is 0 Å². The Balaban J connectivity index is 0.00000162. The van der Waals surface area contributed by atoms with E-state index in [9.17, 15) is 8.78 Å². The van der Waals surface area contributed by atoms with Crippen LogP contribution < -0.4 is 5.32 Å². The minimum absolute atomic E-state index is 0. The zero-order valence-electron chi connectivity index (χ0n) is 10.1. The number of nitrogens with zero attached hydrogens (tertiary/aromatic N) is 2. The minimum atomic E-state index is -2.42. The Morgan fingerprint density at radius 2 is 1.84 bits per heavy atom. The Labute approximate surface area is 132 Å². The summed E-state index contributed by atoms with van der Waals surface area (Å²) in [7, 11) is 0. The molecule has 1 fully saturated rings. The number of pyridine rings is 1. The van der Waals surface area contributed by atoms with E-state index in [0.717, 1.165) is 17.6 Å². The van der Waals surface area contributed by atoms with E-state index < -0.39 is 12.5 Å². The first-order valence-electron chi connectivity index (χ1n) is 5.53. The Morgan fingerprint density at radius 3 is 2.32 bits per heavy atom. The minimum Gasteiger partial charge on any atom is -0.314 e. The highest BCUT2D eigenvalue weighted by Gasteiger charge is 2.30. The van der Waals surface area contributed by atoms with Crippen LogP contribution in [-0.4, -0.2) is 42.5 Å². The first kappa shape index (κ1) is 19.0. The van der Waals surface area contributed by atoms with Crippen LogP contribution in [-0.2, 0) is 0 Å². The maximum absolute atomic E-state index is 13.2. The van der Waals surface area contributed by atoms with Gasteiger partial charge >= 0.3 is 0 Å². The van der Waals surface area contributed by atoms with Crippen LogP contribution in [0.2, 0.25) is 0 Å². The number of alkyl halides is 2. The quantitative estimate of drug-likeness (QED) is 0.876. The van der Waals surface area contributed by atoms with Crippen LogP contribution in [0.25, 0.3) is 0 Å². The Kier molecular flexibility index (Phi) is 9.02. The molecule has 0 bridgehead atoms. The third-order valence-corrected chi connectivity index (χ3v) is 3.31. The first-order valence-corrected chi connectivity index (χ1v) is 6.32. The molecule has 8 heteroatoms. The van der Waals surface area contributed by atoms with Gasteiger partial charge in [0.15, 0.2) is 0 Å². The third-order valence-electron chi connectivity index (χ3n) is 2.84. The number of rotatable bonds is 3. The van der Waals surface area contributed by atoms with E-state index in [1.807, 2.05) is 0 Å². The number of aromatic nitrogens is 1. The van der Waals surface area contributed by atoms with Crippen molar-refractivity contribution in [2.45, 2.75) is 12.5 Å². The maximum atomic E-state index is 13.2. The molecule has 1 aliphatic rings. The predicted octanol–water partition coefficient (Wildman–Crippen LogP) is 2.90. The van der Waals surface area contributed by atoms with Gasteiger partial charge in [0, 0.05) is 36.8 Å². The number of hydrogen-bond donors (Lipinski definition) is 1. The van der Waals surface area contributed by atoms with E-state index >= 15 is 0 Å². The van der Waals surface area contributed by atoms with Gasteiger partial charge in [-0.3, -0.25) is 9.88 Å². The van der Waals surface area contributed by atoms with Gasteiger partial charge in [-0.05, 0) is 28.1 Å². The highest BCUT2D eigenvalue weighted by atomic mass is 79.9. The lowest BCUT2D eigenvalue weighted by molar-refractivity contribution is 0.0160. The van der Waals surface area contributed by atoms with E-state index in [2.05, 4.69) is 26.2 Å². The van der Waals surface area contributed by atoms with Crippen LogP contribution in [0.3, 0.4) is 0 Å². The summed E-state index contributed by atoms with van der Waals surface area (Å²) in [6.45, 7) is 2.76. The van der Waals surface area contributed by atoms with Gasteiger partial charge in [-0.1, -0.05) is 0 Å². The average molecular weight is 379 g/mol. The summed E-state index contributed by atoms with van der Waals surface area (Å²) < 4.78 is 27.1. The van der Waals surface area contributed by atoms with Crippen molar-refractivity contribution in [1.29, 1.82) is 0 Å². The molecule has 0 aliphatic carbocycles. The molecule has 3 nitrogen and oxygen atoms in total. The van der Waals surface area contributed by atoms with Crippen molar-refractivity contribution in [3.8, 4) is 0 Å². The van der Waals surface area contributed by atoms with E-state index in [-0.39, 0.29) is 24.8 Å². The molecule has 0 saturated carbocycles. The molecule has 1 aromatic rings. The molecule has 1 aromatic heterocycles. The van der Waals surface area contributed by atoms with Gasteiger partial charge in [0.1, 0.15) is 6.04 Å². The second kappa shape index (κ2) is 9.02. The lowest BCUT2D eigenvalue weighted by atomic mass is 10.1. The molecule has 1 saturated heterocycles. The zero-order chi connectivity index (χ0) is 12.3. The lowest BCUT2D eigenvalue weighted by Gasteiger charge is -2.33. The fraction of sp³-hybridized carbons (Fsp3) is 0.545. The molecule has 110 valence electrons. The molecule has 19 heavy (non-hydrogen) atoms. The molecule has 2 heterocycles. The number of piperazine rings is 1. The molecular formula is C11H16BrCl2F2N3. The molecule has 0 spiro atoms. The third kappa shape index (κ3) is 5.11. The molecule has 0 aromatic carbocycles. The van der Waals surface area contributed by atoms with E-state index in [4.69, 9.17) is 0 Å². The summed E-state index contributed by atoms with van der Waals surface area (Å²) >= 11 is 3.25. The number of hydrogen-bond acceptors (Lipinski definition) is 3. The summed E-state index contributed by atoms with van der Waals surface area (Å²) in [6.07, 6.45) is -0.853. The summed E-state index contributed by atoms with van der Waals surface area (Å²) in [5, 5.41) is 3.15. The van der Waals surface area contributed by atoms with Gasteiger partial charge in [0.25, 0.3) is 6.43 Å². The van der Waals surface area contributed by atoms with Crippen LogP contribution in [0.5, 0.6) is 0 Å². The molecule has 2 rings (SSSR count). The molecule has 0 unspecified atom stereocenters. The molecule has 0 amide bonds. The number of nitrogens with one attached hydrogen (secondary N) is 1. The summed E-state index contributed by atoms with van der Waals surface area (Å²) in [5.74, 6) is 0. The summed E-state index contributed by atoms with van der Waals surface area (Å²) in [4.78, 5) is 5.88. The maximum Gasteiger partial charge on any atom is 0.259 e. The van der Waals surface area contributed by atoms with E-state index in [1.54, 1.807) is 23.2 Å². The van der Waals surface area contributed by atoms with Crippen molar-refractivity contribution < 1.29 is 8.78 Å². The van der Waals surface area contributed by atoms with Crippen molar-refractivity contribution in [3.63, 3.8) is 0 Å². The predicted molar refractivity (Wildman–Crippen MR) is 79.6 cm³/mol.